The number of ketones is 1. The number of nitrogens with one attached hydrogen (secondary N) is 1. The Kier molecular flexibility index (Phi) is 5.03. The summed E-state index contributed by atoms with van der Waals surface area (Å²) in [7, 11) is 0. The summed E-state index contributed by atoms with van der Waals surface area (Å²) in [5.41, 5.74) is 1.10. The van der Waals surface area contributed by atoms with E-state index in [-0.39, 0.29) is 28.3 Å². The lowest BCUT2D eigenvalue weighted by atomic mass is 9.89. The van der Waals surface area contributed by atoms with Gasteiger partial charge in [0.2, 0.25) is 0 Å². The van der Waals surface area contributed by atoms with Gasteiger partial charge in [0.1, 0.15) is 4.83 Å². The van der Waals surface area contributed by atoms with Crippen molar-refractivity contribution in [1.82, 2.24) is 9.97 Å². The Morgan fingerprint density at radius 3 is 3.07 bits per heavy atom. The second kappa shape index (κ2) is 7.48. The summed E-state index contributed by atoms with van der Waals surface area (Å²) >= 11 is 2.70. The van der Waals surface area contributed by atoms with Crippen LogP contribution in [0.1, 0.15) is 34.1 Å². The standard InChI is InChI=1S/C19H17N3O4S2/c1-10-5-6-13-15(7-10)28-18-16(13)17(24)20-19(21-18)27-9-14(23)11-3-2-4-12(8-11)22(25)26/h2-4,8,10H,5-7,9H2,1H3,(H,20,21,24)/t10-/m1/s1. The number of benzene rings is 1. The van der Waals surface area contributed by atoms with Crippen LogP contribution in [-0.4, -0.2) is 26.4 Å². The van der Waals surface area contributed by atoms with Crippen molar-refractivity contribution < 1.29 is 9.72 Å². The van der Waals surface area contributed by atoms with Gasteiger partial charge in [-0.3, -0.25) is 19.7 Å². The van der Waals surface area contributed by atoms with Crippen LogP contribution in [0.15, 0.2) is 34.2 Å². The first-order valence-electron chi connectivity index (χ1n) is 8.87. The number of H-pyrrole nitrogens is 1. The van der Waals surface area contributed by atoms with Gasteiger partial charge in [-0.25, -0.2) is 4.98 Å². The number of thiophene rings is 1. The minimum Gasteiger partial charge on any atom is -0.301 e. The topological polar surface area (TPSA) is 106 Å². The van der Waals surface area contributed by atoms with Gasteiger partial charge in [0, 0.05) is 22.6 Å². The van der Waals surface area contributed by atoms with Crippen molar-refractivity contribution in [2.24, 2.45) is 5.92 Å². The van der Waals surface area contributed by atoms with E-state index in [1.807, 2.05) is 0 Å². The number of nitrogens with zero attached hydrogens (tertiary/aromatic N) is 2. The maximum atomic E-state index is 12.6. The molecule has 4 rings (SSSR count). The molecule has 0 bridgehead atoms. The first-order chi connectivity index (χ1) is 13.4. The van der Waals surface area contributed by atoms with Crippen LogP contribution in [0.4, 0.5) is 5.69 Å². The number of hydrogen-bond donors (Lipinski definition) is 1. The number of aromatic amines is 1. The van der Waals surface area contributed by atoms with Crippen molar-refractivity contribution in [2.75, 3.05) is 5.75 Å². The zero-order chi connectivity index (χ0) is 19.8. The number of aryl methyl sites for hydroxylation is 1. The summed E-state index contributed by atoms with van der Waals surface area (Å²) in [6.45, 7) is 2.21. The van der Waals surface area contributed by atoms with E-state index in [1.54, 1.807) is 17.4 Å². The number of Topliss-reactive ketones (excluding diaryl/α,β-unsaturated/α-hetero) is 1. The fourth-order valence-electron chi connectivity index (χ4n) is 3.41. The van der Waals surface area contributed by atoms with Crippen molar-refractivity contribution in [3.05, 3.63) is 60.7 Å². The minimum absolute atomic E-state index is 0.0394. The number of carbonyl (C=O) groups excluding carboxylic acids is 1. The van der Waals surface area contributed by atoms with E-state index in [9.17, 15) is 19.7 Å². The first-order valence-corrected chi connectivity index (χ1v) is 10.7. The number of nitro benzene ring substituents is 1. The number of rotatable bonds is 5. The highest BCUT2D eigenvalue weighted by atomic mass is 32.2. The third-order valence-corrected chi connectivity index (χ3v) is 6.88. The average Bonchev–Trinajstić information content (AvgIpc) is 3.03. The van der Waals surface area contributed by atoms with Gasteiger partial charge in [-0.05, 0) is 30.7 Å². The number of non-ortho nitro benzene ring substituents is 1. The lowest BCUT2D eigenvalue weighted by Crippen LogP contribution is -2.14. The number of aromatic nitrogens is 2. The van der Waals surface area contributed by atoms with Gasteiger partial charge in [0.15, 0.2) is 10.9 Å². The molecule has 1 aliphatic rings. The summed E-state index contributed by atoms with van der Waals surface area (Å²) in [4.78, 5) is 44.6. The molecule has 2 aromatic heterocycles. The SMILES string of the molecule is C[C@@H]1CCc2c(sc3nc(SCC(=O)c4cccc([N+](=O)[O-])c4)[nH]c(=O)c23)C1. The Morgan fingerprint density at radius 1 is 1.46 bits per heavy atom. The van der Waals surface area contributed by atoms with Crippen LogP contribution in [0.2, 0.25) is 0 Å². The van der Waals surface area contributed by atoms with Crippen LogP contribution in [0.3, 0.4) is 0 Å². The molecule has 7 nitrogen and oxygen atoms in total. The molecule has 1 aromatic carbocycles. The third kappa shape index (κ3) is 3.59. The number of hydrogen-bond acceptors (Lipinski definition) is 7. The molecule has 0 unspecified atom stereocenters. The first kappa shape index (κ1) is 18.8. The molecule has 1 aliphatic carbocycles. The van der Waals surface area contributed by atoms with Crippen LogP contribution >= 0.6 is 23.1 Å². The van der Waals surface area contributed by atoms with Crippen LogP contribution < -0.4 is 5.56 Å². The predicted molar refractivity (Wildman–Crippen MR) is 110 cm³/mol. The van der Waals surface area contributed by atoms with E-state index in [2.05, 4.69) is 16.9 Å². The molecule has 0 fully saturated rings. The summed E-state index contributed by atoms with van der Waals surface area (Å²) in [5.74, 6) is 0.398. The smallest absolute Gasteiger partial charge is 0.270 e. The average molecular weight is 415 g/mol. The van der Waals surface area contributed by atoms with Crippen molar-refractivity contribution >= 4 is 44.8 Å². The highest BCUT2D eigenvalue weighted by Crippen LogP contribution is 2.36. The van der Waals surface area contributed by atoms with Crippen LogP contribution in [0.5, 0.6) is 0 Å². The molecule has 9 heteroatoms. The number of fused-ring (bicyclic) bond motifs is 3. The maximum absolute atomic E-state index is 12.6. The Balaban J connectivity index is 1.55. The summed E-state index contributed by atoms with van der Waals surface area (Å²) in [6, 6.07) is 5.64. The van der Waals surface area contributed by atoms with E-state index < -0.39 is 4.92 Å². The molecule has 0 spiro atoms. The molecule has 0 amide bonds. The van der Waals surface area contributed by atoms with E-state index in [4.69, 9.17) is 0 Å². The Labute approximate surface area is 168 Å². The van der Waals surface area contributed by atoms with Gasteiger partial charge in [-0.15, -0.1) is 11.3 Å². The molecule has 144 valence electrons. The highest BCUT2D eigenvalue weighted by Gasteiger charge is 2.23. The lowest BCUT2D eigenvalue weighted by molar-refractivity contribution is -0.384. The largest absolute Gasteiger partial charge is 0.301 e. The second-order valence-corrected chi connectivity index (χ2v) is 8.97. The van der Waals surface area contributed by atoms with E-state index >= 15 is 0 Å². The van der Waals surface area contributed by atoms with Gasteiger partial charge in [-0.2, -0.15) is 0 Å². The molecule has 0 aliphatic heterocycles. The Hall–Kier alpha value is -2.52. The van der Waals surface area contributed by atoms with Gasteiger partial charge in [0.05, 0.1) is 16.1 Å². The highest BCUT2D eigenvalue weighted by molar-refractivity contribution is 7.99. The van der Waals surface area contributed by atoms with Crippen molar-refractivity contribution in [3.8, 4) is 0 Å². The Bertz CT molecular complexity index is 1150. The molecule has 0 saturated carbocycles. The third-order valence-electron chi connectivity index (χ3n) is 4.86. The van der Waals surface area contributed by atoms with Gasteiger partial charge < -0.3 is 4.98 Å². The molecule has 0 saturated heterocycles. The maximum Gasteiger partial charge on any atom is 0.270 e. The zero-order valence-electron chi connectivity index (χ0n) is 15.1. The normalized spacial score (nSPS) is 16.1. The lowest BCUT2D eigenvalue weighted by Gasteiger charge is -2.17. The summed E-state index contributed by atoms with van der Waals surface area (Å²) in [6.07, 6.45) is 2.95. The molecule has 3 aromatic rings. The quantitative estimate of drug-likeness (QED) is 0.222. The van der Waals surface area contributed by atoms with Gasteiger partial charge in [-0.1, -0.05) is 30.8 Å². The van der Waals surface area contributed by atoms with E-state index in [1.165, 1.54) is 23.1 Å². The van der Waals surface area contributed by atoms with Crippen LogP contribution in [0.25, 0.3) is 10.2 Å². The van der Waals surface area contributed by atoms with Crippen LogP contribution in [-0.2, 0) is 12.8 Å². The minimum atomic E-state index is -0.531. The molecule has 1 N–H and O–H groups in total. The summed E-state index contributed by atoms with van der Waals surface area (Å²) < 4.78 is 0. The second-order valence-electron chi connectivity index (χ2n) is 6.92. The Morgan fingerprint density at radius 2 is 2.29 bits per heavy atom. The van der Waals surface area contributed by atoms with Crippen LogP contribution in [0, 0.1) is 16.0 Å². The number of thioether (sulfide) groups is 1. The van der Waals surface area contributed by atoms with Crippen molar-refractivity contribution in [1.29, 1.82) is 0 Å². The van der Waals surface area contributed by atoms with Crippen molar-refractivity contribution in [2.45, 2.75) is 31.3 Å². The van der Waals surface area contributed by atoms with Gasteiger partial charge in [0.25, 0.3) is 11.2 Å². The summed E-state index contributed by atoms with van der Waals surface area (Å²) in [5, 5.41) is 11.9. The fraction of sp³-hybridized carbons (Fsp3) is 0.316. The van der Waals surface area contributed by atoms with Crippen molar-refractivity contribution in [3.63, 3.8) is 0 Å². The molecule has 1 atom stereocenters. The monoisotopic (exact) mass is 415 g/mol. The van der Waals surface area contributed by atoms with E-state index in [0.29, 0.717) is 21.3 Å². The predicted octanol–water partition coefficient (Wildman–Crippen LogP) is 3.99. The molecular formula is C19H17N3O4S2. The molecule has 2 heterocycles. The molecular weight excluding hydrogens is 398 g/mol. The number of nitro groups is 1. The number of carbonyl (C=O) groups is 1. The zero-order valence-corrected chi connectivity index (χ0v) is 16.7. The van der Waals surface area contributed by atoms with Gasteiger partial charge >= 0.3 is 0 Å². The molecule has 0 radical (unpaired) electrons. The van der Waals surface area contributed by atoms with E-state index in [0.717, 1.165) is 36.6 Å². The fourth-order valence-corrected chi connectivity index (χ4v) is 5.60. The molecule has 28 heavy (non-hydrogen) atoms.